The van der Waals surface area contributed by atoms with Gasteiger partial charge in [0.05, 0.1) is 18.8 Å². The van der Waals surface area contributed by atoms with Gasteiger partial charge in [-0.2, -0.15) is 13.2 Å². The lowest BCUT2D eigenvalue weighted by atomic mass is 10.0. The van der Waals surface area contributed by atoms with Gasteiger partial charge in [0.2, 0.25) is 0 Å². The molecular weight excluding hydrogens is 349 g/mol. The van der Waals surface area contributed by atoms with E-state index in [-0.39, 0.29) is 5.04 Å². The van der Waals surface area contributed by atoms with Crippen molar-refractivity contribution in [1.82, 2.24) is 0 Å². The largest absolute Gasteiger partial charge is 0.416 e. The Hall–Kier alpha value is -0.893. The average molecular weight is 376 g/mol. The standard InChI is InChI=1S/C18H27F3O3Si/c1-17(2,3)25(4,5)24-7-6-13-10-14(16-22-8-9-23-16)12-15(11-13)18(19,20)21/h10-12,16H,6-9H2,1-5H3. The van der Waals surface area contributed by atoms with Gasteiger partial charge in [-0.15, -0.1) is 0 Å². The summed E-state index contributed by atoms with van der Waals surface area (Å²) in [5, 5.41) is 0.0670. The first-order valence-electron chi connectivity index (χ1n) is 8.48. The molecule has 1 heterocycles. The molecule has 0 saturated carbocycles. The molecule has 0 atom stereocenters. The zero-order valence-electron chi connectivity index (χ0n) is 15.5. The Bertz CT molecular complexity index is 588. The second kappa shape index (κ2) is 7.38. The lowest BCUT2D eigenvalue weighted by Gasteiger charge is -2.36. The second-order valence-electron chi connectivity index (χ2n) is 7.89. The SMILES string of the molecule is CC(C)(C)[Si](C)(C)OCCc1cc(C2OCCO2)cc(C(F)(F)F)c1. The van der Waals surface area contributed by atoms with E-state index in [1.165, 1.54) is 6.07 Å². The van der Waals surface area contributed by atoms with Gasteiger partial charge in [-0.25, -0.2) is 0 Å². The molecular formula is C18H27F3O3Si. The third-order valence-electron chi connectivity index (χ3n) is 4.90. The highest BCUT2D eigenvalue weighted by Crippen LogP contribution is 2.37. The molecule has 3 nitrogen and oxygen atoms in total. The molecule has 0 spiro atoms. The summed E-state index contributed by atoms with van der Waals surface area (Å²) >= 11 is 0. The highest BCUT2D eigenvalue weighted by Gasteiger charge is 2.37. The summed E-state index contributed by atoms with van der Waals surface area (Å²) in [5.41, 5.74) is 0.323. The molecule has 2 rings (SSSR count). The van der Waals surface area contributed by atoms with E-state index >= 15 is 0 Å². The van der Waals surface area contributed by atoms with Gasteiger partial charge in [0.1, 0.15) is 0 Å². The Balaban J connectivity index is 2.15. The van der Waals surface area contributed by atoms with Crippen LogP contribution in [0.1, 0.15) is 43.8 Å². The van der Waals surface area contributed by atoms with Crippen LogP contribution in [-0.4, -0.2) is 28.1 Å². The minimum Gasteiger partial charge on any atom is -0.416 e. The van der Waals surface area contributed by atoms with E-state index in [1.54, 1.807) is 6.07 Å². The van der Waals surface area contributed by atoms with Gasteiger partial charge in [-0.1, -0.05) is 26.8 Å². The van der Waals surface area contributed by atoms with Crippen LogP contribution in [0.4, 0.5) is 13.2 Å². The van der Waals surface area contributed by atoms with Gasteiger partial charge in [-0.05, 0) is 42.2 Å². The number of alkyl halides is 3. The molecule has 0 radical (unpaired) electrons. The zero-order valence-corrected chi connectivity index (χ0v) is 16.5. The summed E-state index contributed by atoms with van der Waals surface area (Å²) in [6.07, 6.45) is -4.69. The topological polar surface area (TPSA) is 27.7 Å². The lowest BCUT2D eigenvalue weighted by Crippen LogP contribution is -2.41. The maximum Gasteiger partial charge on any atom is 0.416 e. The zero-order chi connectivity index (χ0) is 18.9. The number of ether oxygens (including phenoxy) is 2. The third-order valence-corrected chi connectivity index (χ3v) is 9.43. The number of hydrogen-bond donors (Lipinski definition) is 0. The van der Waals surface area contributed by atoms with E-state index in [1.807, 2.05) is 0 Å². The van der Waals surface area contributed by atoms with Crippen molar-refractivity contribution in [2.75, 3.05) is 19.8 Å². The van der Waals surface area contributed by atoms with Crippen molar-refractivity contribution in [3.8, 4) is 0 Å². The number of hydrogen-bond acceptors (Lipinski definition) is 3. The maximum absolute atomic E-state index is 13.2. The van der Waals surface area contributed by atoms with Crippen LogP contribution in [-0.2, 0) is 26.5 Å². The van der Waals surface area contributed by atoms with E-state index in [9.17, 15) is 13.2 Å². The lowest BCUT2D eigenvalue weighted by molar-refractivity contribution is -0.137. The Morgan fingerprint density at radius 3 is 2.20 bits per heavy atom. The van der Waals surface area contributed by atoms with Crippen molar-refractivity contribution in [2.45, 2.75) is 57.8 Å². The van der Waals surface area contributed by atoms with Crippen LogP contribution in [0, 0.1) is 0 Å². The van der Waals surface area contributed by atoms with Gasteiger partial charge in [-0.3, -0.25) is 0 Å². The highest BCUT2D eigenvalue weighted by molar-refractivity contribution is 6.74. The van der Waals surface area contributed by atoms with Gasteiger partial charge < -0.3 is 13.9 Å². The number of benzene rings is 1. The summed E-state index contributed by atoms with van der Waals surface area (Å²) in [7, 11) is -1.92. The predicted octanol–water partition coefficient (Wildman–Crippen LogP) is 5.32. The normalized spacial score (nSPS) is 17.3. The molecule has 0 bridgehead atoms. The van der Waals surface area contributed by atoms with E-state index in [0.717, 1.165) is 6.07 Å². The first kappa shape index (κ1) is 20.4. The van der Waals surface area contributed by atoms with Gasteiger partial charge >= 0.3 is 6.18 Å². The Kier molecular flexibility index (Phi) is 6.03. The fourth-order valence-electron chi connectivity index (χ4n) is 2.35. The first-order chi connectivity index (χ1) is 11.4. The average Bonchev–Trinajstić information content (AvgIpc) is 2.98. The van der Waals surface area contributed by atoms with Gasteiger partial charge in [0.25, 0.3) is 0 Å². The van der Waals surface area contributed by atoms with Crippen molar-refractivity contribution in [2.24, 2.45) is 0 Å². The van der Waals surface area contributed by atoms with E-state index in [2.05, 4.69) is 33.9 Å². The molecule has 142 valence electrons. The molecule has 7 heteroatoms. The highest BCUT2D eigenvalue weighted by atomic mass is 28.4. The van der Waals surface area contributed by atoms with Crippen molar-refractivity contribution in [1.29, 1.82) is 0 Å². The fourth-order valence-corrected chi connectivity index (χ4v) is 3.40. The van der Waals surface area contributed by atoms with Crippen LogP contribution in [0.5, 0.6) is 0 Å². The number of halogens is 3. The molecule has 1 aromatic carbocycles. The Labute approximate surface area is 148 Å². The predicted molar refractivity (Wildman–Crippen MR) is 92.9 cm³/mol. The molecule has 1 fully saturated rings. The van der Waals surface area contributed by atoms with Gasteiger partial charge in [0, 0.05) is 12.2 Å². The molecule has 1 aliphatic rings. The molecule has 0 amide bonds. The molecule has 1 aromatic rings. The molecule has 0 aliphatic carbocycles. The van der Waals surface area contributed by atoms with Crippen molar-refractivity contribution in [3.63, 3.8) is 0 Å². The number of rotatable bonds is 5. The molecule has 25 heavy (non-hydrogen) atoms. The quantitative estimate of drug-likeness (QED) is 0.652. The summed E-state index contributed by atoms with van der Waals surface area (Å²) in [6.45, 7) is 11.9. The molecule has 0 unspecified atom stereocenters. The maximum atomic E-state index is 13.2. The van der Waals surface area contributed by atoms with Crippen LogP contribution >= 0.6 is 0 Å². The minimum atomic E-state index is -4.40. The van der Waals surface area contributed by atoms with E-state index < -0.39 is 26.3 Å². The smallest absolute Gasteiger partial charge is 0.416 e. The van der Waals surface area contributed by atoms with Crippen LogP contribution in [0.25, 0.3) is 0 Å². The first-order valence-corrected chi connectivity index (χ1v) is 11.4. The van der Waals surface area contributed by atoms with Crippen molar-refractivity contribution in [3.05, 3.63) is 34.9 Å². The van der Waals surface area contributed by atoms with Crippen LogP contribution in [0.15, 0.2) is 18.2 Å². The summed E-state index contributed by atoms with van der Waals surface area (Å²) in [4.78, 5) is 0. The van der Waals surface area contributed by atoms with Crippen molar-refractivity contribution < 1.29 is 27.1 Å². The molecule has 0 N–H and O–H groups in total. The molecule has 1 aliphatic heterocycles. The Morgan fingerprint density at radius 2 is 1.68 bits per heavy atom. The third kappa shape index (κ3) is 5.29. The second-order valence-corrected chi connectivity index (χ2v) is 12.7. The van der Waals surface area contributed by atoms with Crippen molar-refractivity contribution >= 4 is 8.32 Å². The fraction of sp³-hybridized carbons (Fsp3) is 0.667. The summed E-state index contributed by atoms with van der Waals surface area (Å²) in [6, 6.07) is 4.02. The minimum absolute atomic E-state index is 0.0670. The van der Waals surface area contributed by atoms with Gasteiger partial charge in [0.15, 0.2) is 14.6 Å². The summed E-state index contributed by atoms with van der Waals surface area (Å²) < 4.78 is 56.4. The van der Waals surface area contributed by atoms with Crippen LogP contribution in [0.3, 0.4) is 0 Å². The summed E-state index contributed by atoms with van der Waals surface area (Å²) in [5.74, 6) is 0. The van der Waals surface area contributed by atoms with Crippen LogP contribution < -0.4 is 0 Å². The Morgan fingerprint density at radius 1 is 1.08 bits per heavy atom. The van der Waals surface area contributed by atoms with E-state index in [4.69, 9.17) is 13.9 Å². The van der Waals surface area contributed by atoms with E-state index in [0.29, 0.717) is 37.4 Å². The molecule has 0 aromatic heterocycles. The van der Waals surface area contributed by atoms with Crippen LogP contribution in [0.2, 0.25) is 18.1 Å². The molecule has 1 saturated heterocycles. The monoisotopic (exact) mass is 376 g/mol.